The van der Waals surface area contributed by atoms with Crippen LogP contribution in [0.25, 0.3) is 10.1 Å². The van der Waals surface area contributed by atoms with E-state index in [1.165, 1.54) is 11.3 Å². The molecule has 1 aromatic heterocycles. The fourth-order valence-electron chi connectivity index (χ4n) is 2.28. The van der Waals surface area contributed by atoms with Crippen molar-refractivity contribution in [2.45, 2.75) is 6.04 Å². The highest BCUT2D eigenvalue weighted by atomic mass is 35.5. The molecule has 3 nitrogen and oxygen atoms in total. The Morgan fingerprint density at radius 1 is 1.47 bits per heavy atom. The lowest BCUT2D eigenvalue weighted by atomic mass is 10.2. The van der Waals surface area contributed by atoms with Crippen molar-refractivity contribution in [1.82, 2.24) is 4.90 Å². The van der Waals surface area contributed by atoms with E-state index in [0.29, 0.717) is 25.6 Å². The second-order valence-corrected chi connectivity index (χ2v) is 5.92. The van der Waals surface area contributed by atoms with Gasteiger partial charge in [0.2, 0.25) is 0 Å². The number of nitrogens with zero attached hydrogens (tertiary/aromatic N) is 1. The van der Waals surface area contributed by atoms with E-state index < -0.39 is 0 Å². The zero-order valence-electron chi connectivity index (χ0n) is 10.3. The van der Waals surface area contributed by atoms with Crippen molar-refractivity contribution in [3.05, 3.63) is 35.2 Å². The molecule has 1 aliphatic heterocycles. The number of hydrogen-bond donors (Lipinski definition) is 0. The standard InChI is InChI=1S/C14H14ClNO2S/c15-8-11-9-18-6-5-16(11)14(17)13-7-10-3-1-2-4-12(10)19-13/h1-4,7,11H,5-6,8-9H2. The third-order valence-corrected chi connectivity index (χ3v) is 4.76. The molecule has 1 fully saturated rings. The molecule has 5 heteroatoms. The van der Waals surface area contributed by atoms with Gasteiger partial charge in [0.1, 0.15) is 0 Å². The lowest BCUT2D eigenvalue weighted by molar-refractivity contribution is 0.00484. The minimum Gasteiger partial charge on any atom is -0.377 e. The van der Waals surface area contributed by atoms with Crippen molar-refractivity contribution < 1.29 is 9.53 Å². The lowest BCUT2D eigenvalue weighted by Crippen LogP contribution is -2.49. The highest BCUT2D eigenvalue weighted by molar-refractivity contribution is 7.20. The monoisotopic (exact) mass is 295 g/mol. The van der Waals surface area contributed by atoms with Gasteiger partial charge >= 0.3 is 0 Å². The zero-order chi connectivity index (χ0) is 13.2. The normalized spacial score (nSPS) is 19.8. The van der Waals surface area contributed by atoms with Gasteiger partial charge in [0.15, 0.2) is 0 Å². The number of hydrogen-bond acceptors (Lipinski definition) is 3. The maximum absolute atomic E-state index is 12.6. The van der Waals surface area contributed by atoms with Gasteiger partial charge in [-0.15, -0.1) is 22.9 Å². The van der Waals surface area contributed by atoms with Crippen LogP contribution >= 0.6 is 22.9 Å². The topological polar surface area (TPSA) is 29.5 Å². The highest BCUT2D eigenvalue weighted by Crippen LogP contribution is 2.27. The van der Waals surface area contributed by atoms with Gasteiger partial charge in [-0.25, -0.2) is 0 Å². The van der Waals surface area contributed by atoms with Crippen LogP contribution in [-0.2, 0) is 4.74 Å². The number of amides is 1. The average molecular weight is 296 g/mol. The van der Waals surface area contributed by atoms with Gasteiger partial charge in [0, 0.05) is 17.1 Å². The van der Waals surface area contributed by atoms with Gasteiger partial charge in [-0.1, -0.05) is 18.2 Å². The van der Waals surface area contributed by atoms with Gasteiger partial charge in [0.25, 0.3) is 5.91 Å². The van der Waals surface area contributed by atoms with Gasteiger partial charge in [-0.05, 0) is 17.5 Å². The number of morpholine rings is 1. The second kappa shape index (κ2) is 5.49. The largest absolute Gasteiger partial charge is 0.377 e. The van der Waals surface area contributed by atoms with E-state index in [2.05, 4.69) is 0 Å². The SMILES string of the molecule is O=C(c1cc2ccccc2s1)N1CCOCC1CCl. The molecule has 1 saturated heterocycles. The number of rotatable bonds is 2. The Hall–Kier alpha value is -1.10. The molecule has 19 heavy (non-hydrogen) atoms. The first-order valence-electron chi connectivity index (χ1n) is 6.23. The van der Waals surface area contributed by atoms with E-state index in [9.17, 15) is 4.79 Å². The molecule has 0 radical (unpaired) electrons. The Labute approximate surface area is 120 Å². The molecule has 3 rings (SSSR count). The number of alkyl halides is 1. The zero-order valence-corrected chi connectivity index (χ0v) is 11.9. The van der Waals surface area contributed by atoms with E-state index in [1.54, 1.807) is 0 Å². The maximum atomic E-state index is 12.6. The summed E-state index contributed by atoms with van der Waals surface area (Å²) in [5, 5.41) is 1.12. The minimum absolute atomic E-state index is 0.0203. The maximum Gasteiger partial charge on any atom is 0.264 e. The Morgan fingerprint density at radius 3 is 3.11 bits per heavy atom. The summed E-state index contributed by atoms with van der Waals surface area (Å²) in [6.45, 7) is 1.73. The van der Waals surface area contributed by atoms with Crippen molar-refractivity contribution in [2.24, 2.45) is 0 Å². The first-order chi connectivity index (χ1) is 9.29. The molecule has 100 valence electrons. The Balaban J connectivity index is 1.89. The average Bonchev–Trinajstić information content (AvgIpc) is 2.90. The van der Waals surface area contributed by atoms with E-state index in [4.69, 9.17) is 16.3 Å². The van der Waals surface area contributed by atoms with Gasteiger partial charge in [-0.2, -0.15) is 0 Å². The number of carbonyl (C=O) groups is 1. The van der Waals surface area contributed by atoms with Crippen molar-refractivity contribution in [3.8, 4) is 0 Å². The highest BCUT2D eigenvalue weighted by Gasteiger charge is 2.28. The summed E-state index contributed by atoms with van der Waals surface area (Å²) in [7, 11) is 0. The molecule has 1 amide bonds. The van der Waals surface area contributed by atoms with Crippen LogP contribution < -0.4 is 0 Å². The predicted molar refractivity (Wildman–Crippen MR) is 78.2 cm³/mol. The first kappa shape index (κ1) is 12.9. The van der Waals surface area contributed by atoms with E-state index in [-0.39, 0.29) is 11.9 Å². The lowest BCUT2D eigenvalue weighted by Gasteiger charge is -2.34. The summed E-state index contributed by atoms with van der Waals surface area (Å²) in [4.78, 5) is 15.2. The van der Waals surface area contributed by atoms with Crippen LogP contribution in [0.5, 0.6) is 0 Å². The minimum atomic E-state index is -0.0203. The van der Waals surface area contributed by atoms with Crippen LogP contribution in [-0.4, -0.2) is 42.5 Å². The summed E-state index contributed by atoms with van der Waals surface area (Å²) >= 11 is 7.45. The first-order valence-corrected chi connectivity index (χ1v) is 7.58. The molecular weight excluding hydrogens is 282 g/mol. The van der Waals surface area contributed by atoms with Crippen molar-refractivity contribution in [1.29, 1.82) is 0 Å². The Kier molecular flexibility index (Phi) is 3.73. The number of benzene rings is 1. The third kappa shape index (κ3) is 2.48. The van der Waals surface area contributed by atoms with Gasteiger partial charge in [-0.3, -0.25) is 4.79 Å². The van der Waals surface area contributed by atoms with Crippen LogP contribution in [0.15, 0.2) is 30.3 Å². The van der Waals surface area contributed by atoms with Crippen molar-refractivity contribution in [3.63, 3.8) is 0 Å². The molecule has 0 bridgehead atoms. The molecule has 0 saturated carbocycles. The molecule has 2 aromatic rings. The second-order valence-electron chi connectivity index (χ2n) is 4.53. The number of fused-ring (bicyclic) bond motifs is 1. The van der Waals surface area contributed by atoms with Crippen LogP contribution in [0.1, 0.15) is 9.67 Å². The molecule has 2 heterocycles. The molecule has 1 aliphatic rings. The third-order valence-electron chi connectivity index (χ3n) is 3.30. The van der Waals surface area contributed by atoms with E-state index in [0.717, 1.165) is 15.0 Å². The van der Waals surface area contributed by atoms with Gasteiger partial charge in [0.05, 0.1) is 24.1 Å². The van der Waals surface area contributed by atoms with Crippen LogP contribution in [0, 0.1) is 0 Å². The molecule has 1 aromatic carbocycles. The van der Waals surface area contributed by atoms with E-state index in [1.807, 2.05) is 35.2 Å². The Morgan fingerprint density at radius 2 is 2.32 bits per heavy atom. The molecule has 0 N–H and O–H groups in total. The predicted octanol–water partition coefficient (Wildman–Crippen LogP) is 2.98. The van der Waals surface area contributed by atoms with Crippen molar-refractivity contribution in [2.75, 3.05) is 25.6 Å². The summed E-state index contributed by atoms with van der Waals surface area (Å²) < 4.78 is 6.51. The molecular formula is C14H14ClNO2S. The van der Waals surface area contributed by atoms with Gasteiger partial charge < -0.3 is 9.64 Å². The number of halogens is 1. The fraction of sp³-hybridized carbons (Fsp3) is 0.357. The van der Waals surface area contributed by atoms with E-state index >= 15 is 0 Å². The summed E-state index contributed by atoms with van der Waals surface area (Å²) in [5.74, 6) is 0.478. The molecule has 1 atom stereocenters. The summed E-state index contributed by atoms with van der Waals surface area (Å²) in [6, 6.07) is 9.98. The van der Waals surface area contributed by atoms with Crippen LogP contribution in [0.4, 0.5) is 0 Å². The van der Waals surface area contributed by atoms with Crippen LogP contribution in [0.2, 0.25) is 0 Å². The smallest absolute Gasteiger partial charge is 0.264 e. The Bertz CT molecular complexity index is 565. The quantitative estimate of drug-likeness (QED) is 0.797. The summed E-state index contributed by atoms with van der Waals surface area (Å²) in [5.41, 5.74) is 0. The summed E-state index contributed by atoms with van der Waals surface area (Å²) in [6.07, 6.45) is 0. The number of ether oxygens (including phenoxy) is 1. The van der Waals surface area contributed by atoms with Crippen molar-refractivity contribution >= 4 is 38.9 Å². The number of thiophene rings is 1. The molecule has 1 unspecified atom stereocenters. The number of carbonyl (C=O) groups excluding carboxylic acids is 1. The van der Waals surface area contributed by atoms with Crippen LogP contribution in [0.3, 0.4) is 0 Å². The fourth-order valence-corrected chi connectivity index (χ4v) is 3.55. The molecule has 0 aliphatic carbocycles. The molecule has 0 spiro atoms.